The monoisotopic (exact) mass is 318 g/mol. The number of amides is 1. The summed E-state index contributed by atoms with van der Waals surface area (Å²) in [6.07, 6.45) is 2.21. The number of hydrogen-bond acceptors (Lipinski definition) is 3. The van der Waals surface area contributed by atoms with E-state index in [2.05, 4.69) is 27.4 Å². The van der Waals surface area contributed by atoms with E-state index in [0.717, 1.165) is 23.9 Å². The van der Waals surface area contributed by atoms with Crippen molar-refractivity contribution in [2.75, 3.05) is 13.6 Å². The molecule has 1 aromatic rings. The molecule has 1 atom stereocenters. The fraction of sp³-hybridized carbons (Fsp3) is 0.583. The molecule has 1 amide bonds. The molecule has 1 aromatic heterocycles. The van der Waals surface area contributed by atoms with Gasteiger partial charge in [-0.3, -0.25) is 4.79 Å². The highest BCUT2D eigenvalue weighted by Gasteiger charge is 2.09. The van der Waals surface area contributed by atoms with E-state index < -0.39 is 0 Å². The maximum atomic E-state index is 11.7. The van der Waals surface area contributed by atoms with Gasteiger partial charge in [0.05, 0.1) is 0 Å². The smallest absolute Gasteiger partial charge is 0.222 e. The average Bonchev–Trinajstić information content (AvgIpc) is 2.68. The van der Waals surface area contributed by atoms with E-state index in [1.165, 1.54) is 4.88 Å². The van der Waals surface area contributed by atoms with E-state index >= 15 is 0 Å². The molecular weight excluding hydrogens is 300 g/mol. The number of halogens is 1. The molecule has 3 nitrogen and oxygen atoms in total. The van der Waals surface area contributed by atoms with E-state index in [0.29, 0.717) is 6.42 Å². The second kappa shape index (κ2) is 7.13. The molecule has 1 heterocycles. The Hall–Kier alpha value is -0.390. The van der Waals surface area contributed by atoms with Crippen molar-refractivity contribution in [1.29, 1.82) is 0 Å². The Morgan fingerprint density at radius 3 is 2.88 bits per heavy atom. The SMILES string of the molecule is CC(N)CCC(=O)N(C)CCc1cc(Br)cs1. The zero-order chi connectivity index (χ0) is 12.8. The Balaban J connectivity index is 2.29. The van der Waals surface area contributed by atoms with Gasteiger partial charge in [0.1, 0.15) is 0 Å². The Labute approximate surface area is 115 Å². The molecule has 0 aromatic carbocycles. The van der Waals surface area contributed by atoms with Crippen LogP contribution in [-0.4, -0.2) is 30.4 Å². The molecule has 0 aliphatic carbocycles. The molecule has 0 radical (unpaired) electrons. The fourth-order valence-electron chi connectivity index (χ4n) is 1.43. The zero-order valence-corrected chi connectivity index (χ0v) is 12.7. The second-order valence-corrected chi connectivity index (χ2v) is 6.22. The second-order valence-electron chi connectivity index (χ2n) is 4.31. The topological polar surface area (TPSA) is 46.3 Å². The van der Waals surface area contributed by atoms with E-state index in [4.69, 9.17) is 5.73 Å². The van der Waals surface area contributed by atoms with Crippen LogP contribution in [0.5, 0.6) is 0 Å². The van der Waals surface area contributed by atoms with Crippen molar-refractivity contribution in [3.63, 3.8) is 0 Å². The first-order valence-corrected chi connectivity index (χ1v) is 7.38. The first-order chi connectivity index (χ1) is 7.99. The van der Waals surface area contributed by atoms with Gasteiger partial charge in [0.15, 0.2) is 0 Å². The van der Waals surface area contributed by atoms with Crippen LogP contribution in [-0.2, 0) is 11.2 Å². The summed E-state index contributed by atoms with van der Waals surface area (Å²) in [5.74, 6) is 0.179. The van der Waals surface area contributed by atoms with Gasteiger partial charge >= 0.3 is 0 Å². The molecule has 2 N–H and O–H groups in total. The van der Waals surface area contributed by atoms with Gasteiger partial charge in [-0.15, -0.1) is 11.3 Å². The van der Waals surface area contributed by atoms with Crippen molar-refractivity contribution in [2.24, 2.45) is 5.73 Å². The minimum absolute atomic E-state index is 0.0978. The largest absolute Gasteiger partial charge is 0.345 e. The predicted molar refractivity (Wildman–Crippen MR) is 76.2 cm³/mol. The molecule has 0 saturated heterocycles. The number of nitrogens with zero attached hydrogens (tertiary/aromatic N) is 1. The number of hydrogen-bond donors (Lipinski definition) is 1. The van der Waals surface area contributed by atoms with Crippen molar-refractivity contribution >= 4 is 33.2 Å². The quantitative estimate of drug-likeness (QED) is 0.876. The molecule has 0 saturated carbocycles. The lowest BCUT2D eigenvalue weighted by Crippen LogP contribution is -2.30. The van der Waals surface area contributed by atoms with Gasteiger partial charge < -0.3 is 10.6 Å². The average molecular weight is 319 g/mol. The number of carbonyl (C=O) groups is 1. The van der Waals surface area contributed by atoms with Crippen LogP contribution >= 0.6 is 27.3 Å². The summed E-state index contributed by atoms with van der Waals surface area (Å²) in [7, 11) is 1.85. The standard InChI is InChI=1S/C12H19BrN2OS/c1-9(14)3-4-12(16)15(2)6-5-11-7-10(13)8-17-11/h7-9H,3-6,14H2,1-2H3. The summed E-state index contributed by atoms with van der Waals surface area (Å²) in [6.45, 7) is 2.70. The predicted octanol–water partition coefficient (Wildman–Crippen LogP) is 2.64. The van der Waals surface area contributed by atoms with Gasteiger partial charge in [0.25, 0.3) is 0 Å². The van der Waals surface area contributed by atoms with Crippen molar-refractivity contribution in [3.05, 3.63) is 20.8 Å². The molecular formula is C12H19BrN2OS. The number of carbonyl (C=O) groups excluding carboxylic acids is 1. The van der Waals surface area contributed by atoms with Crippen molar-refractivity contribution in [3.8, 4) is 0 Å². The molecule has 0 aliphatic rings. The Morgan fingerprint density at radius 2 is 2.35 bits per heavy atom. The van der Waals surface area contributed by atoms with Gasteiger partial charge in [0, 0.05) is 40.8 Å². The Bertz CT molecular complexity index is 365. The first-order valence-electron chi connectivity index (χ1n) is 5.71. The lowest BCUT2D eigenvalue weighted by molar-refractivity contribution is -0.130. The van der Waals surface area contributed by atoms with E-state index in [1.807, 2.05) is 14.0 Å². The third kappa shape index (κ3) is 5.66. The molecule has 0 fully saturated rings. The van der Waals surface area contributed by atoms with Gasteiger partial charge in [-0.2, -0.15) is 0 Å². The zero-order valence-electron chi connectivity index (χ0n) is 10.3. The van der Waals surface area contributed by atoms with Crippen LogP contribution in [0.15, 0.2) is 15.9 Å². The van der Waals surface area contributed by atoms with Crippen LogP contribution in [0, 0.1) is 0 Å². The van der Waals surface area contributed by atoms with Crippen LogP contribution in [0.2, 0.25) is 0 Å². The summed E-state index contributed by atoms with van der Waals surface area (Å²) in [4.78, 5) is 14.8. The number of rotatable bonds is 6. The first kappa shape index (κ1) is 14.7. The van der Waals surface area contributed by atoms with Gasteiger partial charge in [-0.1, -0.05) is 0 Å². The van der Waals surface area contributed by atoms with Crippen molar-refractivity contribution < 1.29 is 4.79 Å². The van der Waals surface area contributed by atoms with Crippen molar-refractivity contribution in [1.82, 2.24) is 4.90 Å². The minimum Gasteiger partial charge on any atom is -0.345 e. The lowest BCUT2D eigenvalue weighted by atomic mass is 10.2. The normalized spacial score (nSPS) is 12.5. The Kier molecular flexibility index (Phi) is 6.16. The summed E-state index contributed by atoms with van der Waals surface area (Å²) in [6, 6.07) is 2.20. The highest BCUT2D eigenvalue weighted by Crippen LogP contribution is 2.20. The third-order valence-electron chi connectivity index (χ3n) is 2.55. The maximum absolute atomic E-state index is 11.7. The van der Waals surface area contributed by atoms with Crippen LogP contribution < -0.4 is 5.73 Å². The molecule has 1 unspecified atom stereocenters. The molecule has 0 aliphatic heterocycles. The minimum atomic E-state index is 0.0978. The molecule has 0 spiro atoms. The van der Waals surface area contributed by atoms with Gasteiger partial charge in [-0.05, 0) is 41.8 Å². The molecule has 17 heavy (non-hydrogen) atoms. The van der Waals surface area contributed by atoms with Crippen LogP contribution in [0.1, 0.15) is 24.6 Å². The Morgan fingerprint density at radius 1 is 1.65 bits per heavy atom. The molecule has 1 rings (SSSR count). The molecule has 96 valence electrons. The third-order valence-corrected chi connectivity index (χ3v) is 4.31. The number of thiophene rings is 1. The summed E-state index contributed by atoms with van der Waals surface area (Å²) in [5.41, 5.74) is 5.63. The number of nitrogens with two attached hydrogens (primary N) is 1. The highest BCUT2D eigenvalue weighted by molar-refractivity contribution is 9.10. The van der Waals surface area contributed by atoms with Crippen LogP contribution in [0.3, 0.4) is 0 Å². The van der Waals surface area contributed by atoms with Crippen molar-refractivity contribution in [2.45, 2.75) is 32.2 Å². The van der Waals surface area contributed by atoms with Crippen LogP contribution in [0.4, 0.5) is 0 Å². The number of likely N-dealkylation sites (N-methyl/N-ethyl adjacent to an activating group) is 1. The molecule has 0 bridgehead atoms. The van der Waals surface area contributed by atoms with Crippen LogP contribution in [0.25, 0.3) is 0 Å². The molecule has 5 heteroatoms. The van der Waals surface area contributed by atoms with E-state index in [1.54, 1.807) is 16.2 Å². The lowest BCUT2D eigenvalue weighted by Gasteiger charge is -2.17. The van der Waals surface area contributed by atoms with E-state index in [9.17, 15) is 4.79 Å². The summed E-state index contributed by atoms with van der Waals surface area (Å²) in [5, 5.41) is 2.06. The maximum Gasteiger partial charge on any atom is 0.222 e. The van der Waals surface area contributed by atoms with Gasteiger partial charge in [-0.25, -0.2) is 0 Å². The summed E-state index contributed by atoms with van der Waals surface area (Å²) >= 11 is 5.14. The highest BCUT2D eigenvalue weighted by atomic mass is 79.9. The van der Waals surface area contributed by atoms with Gasteiger partial charge in [0.2, 0.25) is 5.91 Å². The fourth-order valence-corrected chi connectivity index (χ4v) is 2.87. The summed E-state index contributed by atoms with van der Waals surface area (Å²) < 4.78 is 1.11. The van der Waals surface area contributed by atoms with E-state index in [-0.39, 0.29) is 11.9 Å².